The fourth-order valence-electron chi connectivity index (χ4n) is 3.88. The summed E-state index contributed by atoms with van der Waals surface area (Å²) >= 11 is 0. The summed E-state index contributed by atoms with van der Waals surface area (Å²) in [7, 11) is -4.31. The van der Waals surface area contributed by atoms with Crippen LogP contribution in [0, 0.1) is 5.92 Å². The van der Waals surface area contributed by atoms with E-state index in [2.05, 4.69) is 5.32 Å². The van der Waals surface area contributed by atoms with Crippen molar-refractivity contribution in [3.05, 3.63) is 65.7 Å². The van der Waals surface area contributed by atoms with E-state index in [4.69, 9.17) is 0 Å². The van der Waals surface area contributed by atoms with Gasteiger partial charge >= 0.3 is 6.18 Å². The lowest BCUT2D eigenvalue weighted by molar-refractivity contribution is -0.139. The van der Waals surface area contributed by atoms with Crippen LogP contribution in [0.1, 0.15) is 37.3 Å². The summed E-state index contributed by atoms with van der Waals surface area (Å²) in [5, 5.41) is 2.98. The smallest absolute Gasteiger partial charge is 0.353 e. The molecule has 1 heterocycles. The van der Waals surface area contributed by atoms with Crippen molar-refractivity contribution in [3.63, 3.8) is 0 Å². The van der Waals surface area contributed by atoms with E-state index in [0.717, 1.165) is 35.3 Å². The SMILES string of the molecule is C[C@H](CCc1ccccc1)NC(=O)C1CCN(S(=O)(=O)c2ccccc2C(F)(F)F)CC1. The highest BCUT2D eigenvalue weighted by molar-refractivity contribution is 7.89. The first-order chi connectivity index (χ1) is 15.1. The molecule has 2 aromatic carbocycles. The second kappa shape index (κ2) is 10.0. The highest BCUT2D eigenvalue weighted by atomic mass is 32.2. The number of aryl methyl sites for hydroxylation is 1. The van der Waals surface area contributed by atoms with Crippen LogP contribution in [0.5, 0.6) is 0 Å². The Kier molecular flexibility index (Phi) is 7.61. The maximum Gasteiger partial charge on any atom is 0.417 e. The molecule has 9 heteroatoms. The minimum Gasteiger partial charge on any atom is -0.353 e. The van der Waals surface area contributed by atoms with Gasteiger partial charge in [0, 0.05) is 25.0 Å². The van der Waals surface area contributed by atoms with E-state index in [1.54, 1.807) is 0 Å². The van der Waals surface area contributed by atoms with E-state index in [9.17, 15) is 26.4 Å². The number of sulfonamides is 1. The highest BCUT2D eigenvalue weighted by Crippen LogP contribution is 2.36. The molecule has 1 atom stereocenters. The molecule has 174 valence electrons. The maximum atomic E-state index is 13.3. The van der Waals surface area contributed by atoms with Gasteiger partial charge in [0.2, 0.25) is 15.9 Å². The number of hydrogen-bond donors (Lipinski definition) is 1. The summed E-state index contributed by atoms with van der Waals surface area (Å²) < 4.78 is 66.6. The number of alkyl halides is 3. The third-order valence-electron chi connectivity index (χ3n) is 5.73. The van der Waals surface area contributed by atoms with E-state index in [1.807, 2.05) is 37.3 Å². The Hall–Kier alpha value is -2.39. The van der Waals surface area contributed by atoms with Gasteiger partial charge in [-0.15, -0.1) is 0 Å². The molecule has 0 aromatic heterocycles. The number of carbonyl (C=O) groups excluding carboxylic acids is 1. The standard InChI is InChI=1S/C23H27F3N2O3S/c1-17(11-12-18-7-3-2-4-8-18)27-22(29)19-13-15-28(16-14-19)32(30,31)21-10-6-5-9-20(21)23(24,25)26/h2-10,17,19H,11-16H2,1H3,(H,27,29)/t17-/m1/s1. The average molecular weight is 469 g/mol. The number of benzene rings is 2. The summed E-state index contributed by atoms with van der Waals surface area (Å²) in [5.74, 6) is -0.503. The molecule has 0 unspecified atom stereocenters. The first-order valence-electron chi connectivity index (χ1n) is 10.6. The van der Waals surface area contributed by atoms with Crippen molar-refractivity contribution in [2.24, 2.45) is 5.92 Å². The molecule has 3 rings (SSSR count). The average Bonchev–Trinajstić information content (AvgIpc) is 2.78. The number of amides is 1. The molecule has 0 bridgehead atoms. The third-order valence-corrected chi connectivity index (χ3v) is 7.69. The lowest BCUT2D eigenvalue weighted by Crippen LogP contribution is -2.45. The van der Waals surface area contributed by atoms with Gasteiger partial charge in [0.15, 0.2) is 0 Å². The van der Waals surface area contributed by atoms with Crippen molar-refractivity contribution < 1.29 is 26.4 Å². The van der Waals surface area contributed by atoms with Crippen molar-refractivity contribution in [2.45, 2.75) is 49.7 Å². The summed E-state index contributed by atoms with van der Waals surface area (Å²) in [4.78, 5) is 11.9. The third kappa shape index (κ3) is 5.89. The lowest BCUT2D eigenvalue weighted by atomic mass is 9.96. The Labute approximate surface area is 186 Å². The molecule has 5 nitrogen and oxygen atoms in total. The number of nitrogens with zero attached hydrogens (tertiary/aromatic N) is 1. The molecule has 1 N–H and O–H groups in total. The second-order valence-electron chi connectivity index (χ2n) is 8.11. The zero-order valence-corrected chi connectivity index (χ0v) is 18.6. The van der Waals surface area contributed by atoms with Crippen LogP contribution < -0.4 is 5.32 Å². The molecule has 1 aliphatic rings. The molecule has 0 saturated carbocycles. The molecule has 1 saturated heterocycles. The molecular formula is C23H27F3N2O3S. The van der Waals surface area contributed by atoms with Gasteiger partial charge in [0.25, 0.3) is 0 Å². The van der Waals surface area contributed by atoms with Crippen molar-refractivity contribution in [2.75, 3.05) is 13.1 Å². The van der Waals surface area contributed by atoms with Gasteiger partial charge in [-0.05, 0) is 50.3 Å². The second-order valence-corrected chi connectivity index (χ2v) is 10.0. The highest BCUT2D eigenvalue weighted by Gasteiger charge is 2.40. The molecular weight excluding hydrogens is 441 g/mol. The first-order valence-corrected chi connectivity index (χ1v) is 12.0. The quantitative estimate of drug-likeness (QED) is 0.661. The molecule has 32 heavy (non-hydrogen) atoms. The number of halogens is 3. The number of hydrogen-bond acceptors (Lipinski definition) is 3. The zero-order valence-electron chi connectivity index (χ0n) is 17.8. The van der Waals surface area contributed by atoms with Crippen LogP contribution in [0.4, 0.5) is 13.2 Å². The van der Waals surface area contributed by atoms with Gasteiger partial charge < -0.3 is 5.32 Å². The van der Waals surface area contributed by atoms with Crippen molar-refractivity contribution in [1.82, 2.24) is 9.62 Å². The molecule has 1 fully saturated rings. The van der Waals surface area contributed by atoms with Crippen LogP contribution in [-0.4, -0.2) is 37.8 Å². The predicted octanol–water partition coefficient (Wildman–Crippen LogP) is 4.24. The van der Waals surface area contributed by atoms with Crippen LogP contribution in [0.2, 0.25) is 0 Å². The number of carbonyl (C=O) groups is 1. The van der Waals surface area contributed by atoms with Crippen molar-refractivity contribution >= 4 is 15.9 Å². The fourth-order valence-corrected chi connectivity index (χ4v) is 5.57. The van der Waals surface area contributed by atoms with Crippen LogP contribution in [-0.2, 0) is 27.4 Å². The Morgan fingerprint density at radius 1 is 1.06 bits per heavy atom. The molecule has 0 aliphatic carbocycles. The van der Waals surface area contributed by atoms with Gasteiger partial charge in [0.05, 0.1) is 10.5 Å². The van der Waals surface area contributed by atoms with E-state index >= 15 is 0 Å². The van der Waals surface area contributed by atoms with Gasteiger partial charge in [-0.2, -0.15) is 17.5 Å². The van der Waals surface area contributed by atoms with Crippen LogP contribution in [0.25, 0.3) is 0 Å². The van der Waals surface area contributed by atoms with Gasteiger partial charge in [-0.1, -0.05) is 42.5 Å². The largest absolute Gasteiger partial charge is 0.417 e. The predicted molar refractivity (Wildman–Crippen MR) is 115 cm³/mol. The fraction of sp³-hybridized carbons (Fsp3) is 0.435. The van der Waals surface area contributed by atoms with E-state index in [0.29, 0.717) is 0 Å². The maximum absolute atomic E-state index is 13.3. The van der Waals surface area contributed by atoms with Crippen LogP contribution in [0.3, 0.4) is 0 Å². The number of rotatable bonds is 7. The van der Waals surface area contributed by atoms with E-state index < -0.39 is 26.7 Å². The Morgan fingerprint density at radius 2 is 1.66 bits per heavy atom. The Bertz CT molecular complexity index is 1020. The van der Waals surface area contributed by atoms with Gasteiger partial charge in [-0.25, -0.2) is 8.42 Å². The molecule has 1 amide bonds. The van der Waals surface area contributed by atoms with Gasteiger partial charge in [-0.3, -0.25) is 4.79 Å². The Morgan fingerprint density at radius 3 is 2.28 bits per heavy atom. The Balaban J connectivity index is 1.56. The topological polar surface area (TPSA) is 66.5 Å². The van der Waals surface area contributed by atoms with E-state index in [-0.39, 0.29) is 43.8 Å². The molecule has 0 radical (unpaired) electrons. The lowest BCUT2D eigenvalue weighted by Gasteiger charge is -2.31. The first kappa shape index (κ1) is 24.3. The number of nitrogens with one attached hydrogen (secondary N) is 1. The minimum absolute atomic E-state index is 0.00497. The van der Waals surface area contributed by atoms with Crippen molar-refractivity contribution in [3.8, 4) is 0 Å². The molecule has 2 aromatic rings. The summed E-state index contributed by atoms with van der Waals surface area (Å²) in [6, 6.07) is 14.1. The van der Waals surface area contributed by atoms with E-state index in [1.165, 1.54) is 11.6 Å². The van der Waals surface area contributed by atoms with Crippen LogP contribution >= 0.6 is 0 Å². The molecule has 1 aliphatic heterocycles. The number of piperidine rings is 1. The van der Waals surface area contributed by atoms with Gasteiger partial charge in [0.1, 0.15) is 0 Å². The van der Waals surface area contributed by atoms with Crippen LogP contribution in [0.15, 0.2) is 59.5 Å². The zero-order chi connectivity index (χ0) is 23.4. The summed E-state index contributed by atoms with van der Waals surface area (Å²) in [6.07, 6.45) is -2.62. The normalized spacial score (nSPS) is 17.1. The summed E-state index contributed by atoms with van der Waals surface area (Å²) in [6.45, 7) is 1.94. The minimum atomic E-state index is -4.77. The molecule has 0 spiro atoms. The monoisotopic (exact) mass is 468 g/mol. The van der Waals surface area contributed by atoms with Crippen molar-refractivity contribution in [1.29, 1.82) is 0 Å². The summed E-state index contributed by atoms with van der Waals surface area (Å²) in [5.41, 5.74) is 0.0124.